The predicted molar refractivity (Wildman–Crippen MR) is 76.2 cm³/mol. The van der Waals surface area contributed by atoms with E-state index in [1.165, 1.54) is 11.3 Å². The zero-order chi connectivity index (χ0) is 16.3. The molecule has 0 saturated carbocycles. The maximum Gasteiger partial charge on any atom is 0.397 e. The number of hydrogen-bond donors (Lipinski definition) is 1. The summed E-state index contributed by atoms with van der Waals surface area (Å²) in [6, 6.07) is 0. The van der Waals surface area contributed by atoms with E-state index in [1.807, 2.05) is 0 Å². The molecule has 1 aliphatic rings. The van der Waals surface area contributed by atoms with Gasteiger partial charge in [0.1, 0.15) is 11.4 Å². The van der Waals surface area contributed by atoms with Crippen LogP contribution in [0.15, 0.2) is 0 Å². The van der Waals surface area contributed by atoms with Crippen LogP contribution in [0.4, 0.5) is 18.2 Å². The predicted octanol–water partition coefficient (Wildman–Crippen LogP) is 3.69. The number of carbonyl (C=O) groups is 2. The second-order valence-electron chi connectivity index (χ2n) is 4.98. The van der Waals surface area contributed by atoms with Gasteiger partial charge in [-0.25, -0.2) is 4.79 Å². The Morgan fingerprint density at radius 1 is 1.27 bits per heavy atom. The van der Waals surface area contributed by atoms with Crippen LogP contribution >= 0.6 is 11.3 Å². The van der Waals surface area contributed by atoms with Crippen LogP contribution in [0.1, 0.15) is 47.0 Å². The molecule has 0 bridgehead atoms. The van der Waals surface area contributed by atoms with E-state index in [9.17, 15) is 22.8 Å². The molecule has 0 unspecified atom stereocenters. The first kappa shape index (κ1) is 16.8. The molecule has 0 aliphatic heterocycles. The molecule has 1 heterocycles. The molecule has 8 heteroatoms. The van der Waals surface area contributed by atoms with Gasteiger partial charge in [-0.1, -0.05) is 0 Å². The number of aryl methyl sites for hydroxylation is 1. The van der Waals surface area contributed by atoms with E-state index >= 15 is 0 Å². The zero-order valence-electron chi connectivity index (χ0n) is 12.0. The van der Waals surface area contributed by atoms with Gasteiger partial charge in [-0.15, -0.1) is 11.3 Å². The summed E-state index contributed by atoms with van der Waals surface area (Å²) >= 11 is 1.17. The first-order valence-corrected chi connectivity index (χ1v) is 7.81. The molecule has 0 atom stereocenters. The van der Waals surface area contributed by atoms with Gasteiger partial charge in [-0.05, 0) is 38.2 Å². The maximum atomic E-state index is 12.3. The Morgan fingerprint density at radius 2 is 1.95 bits per heavy atom. The lowest BCUT2D eigenvalue weighted by Crippen LogP contribution is -2.22. The van der Waals surface area contributed by atoms with Crippen LogP contribution in [-0.4, -0.2) is 24.7 Å². The lowest BCUT2D eigenvalue weighted by Gasteiger charge is -2.12. The van der Waals surface area contributed by atoms with Crippen molar-refractivity contribution in [1.82, 2.24) is 0 Å². The minimum absolute atomic E-state index is 0.166. The summed E-state index contributed by atoms with van der Waals surface area (Å²) in [5.74, 6) is -1.76. The molecule has 0 aromatic carbocycles. The van der Waals surface area contributed by atoms with Gasteiger partial charge in [-0.2, -0.15) is 13.2 Å². The van der Waals surface area contributed by atoms with Gasteiger partial charge in [0.2, 0.25) is 5.91 Å². The fraction of sp³-hybridized carbons (Fsp3) is 0.571. The number of fused-ring (bicyclic) bond motifs is 1. The SMILES string of the molecule is CCOC(=O)c1c(NC(=O)CC(F)(F)F)sc2c1CCCC2. The van der Waals surface area contributed by atoms with Gasteiger partial charge in [0, 0.05) is 4.88 Å². The summed E-state index contributed by atoms with van der Waals surface area (Å²) in [6.45, 7) is 1.82. The number of rotatable bonds is 4. The van der Waals surface area contributed by atoms with E-state index in [0.29, 0.717) is 6.42 Å². The van der Waals surface area contributed by atoms with E-state index < -0.39 is 24.5 Å². The largest absolute Gasteiger partial charge is 0.462 e. The lowest BCUT2D eigenvalue weighted by atomic mass is 9.95. The number of hydrogen-bond acceptors (Lipinski definition) is 4. The number of thiophene rings is 1. The number of nitrogens with one attached hydrogen (secondary N) is 1. The summed E-state index contributed by atoms with van der Waals surface area (Å²) in [7, 11) is 0. The van der Waals surface area contributed by atoms with Crippen molar-refractivity contribution in [3.63, 3.8) is 0 Å². The molecule has 1 aromatic rings. The van der Waals surface area contributed by atoms with E-state index in [0.717, 1.165) is 29.7 Å². The second kappa shape index (κ2) is 6.68. The number of alkyl halides is 3. The van der Waals surface area contributed by atoms with Crippen molar-refractivity contribution < 1.29 is 27.5 Å². The Kier molecular flexibility index (Phi) is 5.10. The third-order valence-corrected chi connectivity index (χ3v) is 4.47. The number of carbonyl (C=O) groups excluding carboxylic acids is 2. The van der Waals surface area contributed by atoms with Gasteiger partial charge in [0.15, 0.2) is 0 Å². The third-order valence-electron chi connectivity index (χ3n) is 3.26. The van der Waals surface area contributed by atoms with Gasteiger partial charge in [0.05, 0.1) is 12.2 Å². The molecule has 2 rings (SSSR count). The molecule has 1 N–H and O–H groups in total. The molecule has 1 amide bonds. The molecular weight excluding hydrogens is 319 g/mol. The minimum Gasteiger partial charge on any atom is -0.462 e. The van der Waals surface area contributed by atoms with Crippen molar-refractivity contribution in [2.75, 3.05) is 11.9 Å². The quantitative estimate of drug-likeness (QED) is 0.854. The molecule has 0 saturated heterocycles. The standard InChI is InChI=1S/C14H16F3NO3S/c1-2-21-13(20)11-8-5-3-4-6-9(8)22-12(11)18-10(19)7-14(15,16)17/h2-7H2,1H3,(H,18,19). The fourth-order valence-electron chi connectivity index (χ4n) is 2.43. The van der Waals surface area contributed by atoms with E-state index in [1.54, 1.807) is 6.92 Å². The Labute approximate surface area is 129 Å². The van der Waals surface area contributed by atoms with Gasteiger partial charge < -0.3 is 10.1 Å². The van der Waals surface area contributed by atoms with Crippen molar-refractivity contribution in [1.29, 1.82) is 0 Å². The van der Waals surface area contributed by atoms with Crippen molar-refractivity contribution >= 4 is 28.2 Å². The molecule has 0 spiro atoms. The van der Waals surface area contributed by atoms with Crippen molar-refractivity contribution in [2.24, 2.45) is 0 Å². The smallest absolute Gasteiger partial charge is 0.397 e. The molecule has 4 nitrogen and oxygen atoms in total. The molecule has 1 aliphatic carbocycles. The monoisotopic (exact) mass is 335 g/mol. The summed E-state index contributed by atoms with van der Waals surface area (Å²) in [4.78, 5) is 24.5. The van der Waals surface area contributed by atoms with Crippen LogP contribution in [0.2, 0.25) is 0 Å². The van der Waals surface area contributed by atoms with Crippen LogP contribution in [0.25, 0.3) is 0 Å². The van der Waals surface area contributed by atoms with Crippen LogP contribution < -0.4 is 5.32 Å². The molecule has 22 heavy (non-hydrogen) atoms. The highest BCUT2D eigenvalue weighted by molar-refractivity contribution is 7.17. The average molecular weight is 335 g/mol. The van der Waals surface area contributed by atoms with Crippen LogP contribution in [-0.2, 0) is 22.4 Å². The number of ether oxygens (including phenoxy) is 1. The molecule has 0 radical (unpaired) electrons. The fourth-order valence-corrected chi connectivity index (χ4v) is 3.72. The van der Waals surface area contributed by atoms with Gasteiger partial charge >= 0.3 is 12.1 Å². The average Bonchev–Trinajstić information content (AvgIpc) is 2.74. The minimum atomic E-state index is -4.58. The van der Waals surface area contributed by atoms with Gasteiger partial charge in [-0.3, -0.25) is 4.79 Å². The first-order chi connectivity index (χ1) is 10.3. The Balaban J connectivity index is 2.28. The summed E-state index contributed by atoms with van der Waals surface area (Å²) < 4.78 is 41.8. The Morgan fingerprint density at radius 3 is 2.59 bits per heavy atom. The third kappa shape index (κ3) is 4.00. The zero-order valence-corrected chi connectivity index (χ0v) is 12.8. The van der Waals surface area contributed by atoms with Gasteiger partial charge in [0.25, 0.3) is 0 Å². The highest BCUT2D eigenvalue weighted by Crippen LogP contribution is 2.39. The van der Waals surface area contributed by atoms with E-state index in [2.05, 4.69) is 5.32 Å². The van der Waals surface area contributed by atoms with Crippen LogP contribution in [0.5, 0.6) is 0 Å². The molecular formula is C14H16F3NO3S. The normalized spacial score (nSPS) is 14.4. The Bertz CT molecular complexity index is 581. The highest BCUT2D eigenvalue weighted by atomic mass is 32.1. The maximum absolute atomic E-state index is 12.3. The molecule has 0 fully saturated rings. The molecule has 122 valence electrons. The van der Waals surface area contributed by atoms with Crippen molar-refractivity contribution in [2.45, 2.75) is 45.2 Å². The number of amides is 1. The van der Waals surface area contributed by atoms with E-state index in [4.69, 9.17) is 4.74 Å². The summed E-state index contributed by atoms with van der Waals surface area (Å²) in [6.07, 6.45) is -2.84. The lowest BCUT2D eigenvalue weighted by molar-refractivity contribution is -0.150. The number of halogens is 3. The highest BCUT2D eigenvalue weighted by Gasteiger charge is 2.33. The Hall–Kier alpha value is -1.57. The summed E-state index contributed by atoms with van der Waals surface area (Å²) in [5, 5.41) is 2.39. The van der Waals surface area contributed by atoms with E-state index in [-0.39, 0.29) is 17.2 Å². The first-order valence-electron chi connectivity index (χ1n) is 7.00. The summed E-state index contributed by atoms with van der Waals surface area (Å²) in [5.41, 5.74) is 1.02. The van der Waals surface area contributed by atoms with Crippen molar-refractivity contribution in [3.8, 4) is 0 Å². The topological polar surface area (TPSA) is 55.4 Å². The van der Waals surface area contributed by atoms with Crippen LogP contribution in [0, 0.1) is 0 Å². The van der Waals surface area contributed by atoms with Crippen LogP contribution in [0.3, 0.4) is 0 Å². The molecule has 1 aromatic heterocycles. The van der Waals surface area contributed by atoms with Crippen molar-refractivity contribution in [3.05, 3.63) is 16.0 Å². The number of anilines is 1. The second-order valence-corrected chi connectivity index (χ2v) is 6.08. The number of esters is 1.